The molecule has 1 aliphatic heterocycles. The van der Waals surface area contributed by atoms with Crippen molar-refractivity contribution in [2.24, 2.45) is 4.99 Å². The van der Waals surface area contributed by atoms with E-state index in [1.54, 1.807) is 14.2 Å². The molecule has 0 aliphatic carbocycles. The summed E-state index contributed by atoms with van der Waals surface area (Å²) in [6.45, 7) is 8.67. The van der Waals surface area contributed by atoms with E-state index in [9.17, 15) is 0 Å². The highest BCUT2D eigenvalue weighted by molar-refractivity contribution is 5.80. The summed E-state index contributed by atoms with van der Waals surface area (Å²) in [6.07, 6.45) is 3.85. The molecule has 0 spiro atoms. The van der Waals surface area contributed by atoms with Crippen LogP contribution in [0.3, 0.4) is 0 Å². The number of methoxy groups -OCH3 is 2. The molecule has 0 bridgehead atoms. The van der Waals surface area contributed by atoms with E-state index in [1.807, 2.05) is 12.1 Å². The Hall–Kier alpha value is -1.79. The molecule has 0 saturated carbocycles. The van der Waals surface area contributed by atoms with Gasteiger partial charge in [0.25, 0.3) is 0 Å². The van der Waals surface area contributed by atoms with Crippen LogP contribution in [0, 0.1) is 0 Å². The first-order valence-electron chi connectivity index (χ1n) is 10.1. The van der Waals surface area contributed by atoms with Gasteiger partial charge >= 0.3 is 0 Å². The number of hydrogen-bond donors (Lipinski definition) is 2. The molecule has 0 aromatic heterocycles. The number of rotatable bonds is 9. The van der Waals surface area contributed by atoms with E-state index in [0.29, 0.717) is 6.61 Å². The molecule has 1 aliphatic rings. The van der Waals surface area contributed by atoms with Gasteiger partial charge in [-0.15, -0.1) is 0 Å². The minimum atomic E-state index is 0.210. The van der Waals surface area contributed by atoms with Crippen LogP contribution in [0.15, 0.2) is 29.3 Å². The third-order valence-corrected chi connectivity index (χ3v) is 4.90. The molecule has 1 fully saturated rings. The number of guanidine groups is 1. The highest BCUT2D eigenvalue weighted by Gasteiger charge is 2.22. The summed E-state index contributed by atoms with van der Waals surface area (Å²) in [5.74, 6) is 1.74. The summed E-state index contributed by atoms with van der Waals surface area (Å²) in [4.78, 5) is 7.46. The highest BCUT2D eigenvalue weighted by atomic mass is 16.5. The van der Waals surface area contributed by atoms with Gasteiger partial charge in [-0.3, -0.25) is 9.89 Å². The minimum Gasteiger partial charge on any atom is -0.497 e. The number of piperidine rings is 1. The maximum absolute atomic E-state index is 5.32. The second-order valence-corrected chi connectivity index (χ2v) is 7.11. The molecule has 1 aromatic rings. The molecule has 152 valence electrons. The Kier molecular flexibility index (Phi) is 9.42. The van der Waals surface area contributed by atoms with E-state index in [4.69, 9.17) is 14.5 Å². The predicted octanol–water partition coefficient (Wildman–Crippen LogP) is 2.81. The Labute approximate surface area is 164 Å². The first-order valence-corrected chi connectivity index (χ1v) is 10.1. The van der Waals surface area contributed by atoms with Crippen LogP contribution in [0.2, 0.25) is 0 Å². The molecule has 2 unspecified atom stereocenters. The topological polar surface area (TPSA) is 58.1 Å². The van der Waals surface area contributed by atoms with E-state index in [2.05, 4.69) is 41.5 Å². The first-order chi connectivity index (χ1) is 13.2. The fourth-order valence-corrected chi connectivity index (χ4v) is 3.51. The Bertz CT molecular complexity index is 556. The summed E-state index contributed by atoms with van der Waals surface area (Å²) >= 11 is 0. The SMILES string of the molecule is CCNC(=NCC(c1ccc(OC)cc1)N1CCCCC1)NC(C)COC. The Morgan fingerprint density at radius 3 is 2.44 bits per heavy atom. The van der Waals surface area contributed by atoms with Crippen LogP contribution in [0.5, 0.6) is 5.75 Å². The van der Waals surface area contributed by atoms with Crippen molar-refractivity contribution in [1.29, 1.82) is 0 Å². The highest BCUT2D eigenvalue weighted by Crippen LogP contribution is 2.26. The second-order valence-electron chi connectivity index (χ2n) is 7.11. The van der Waals surface area contributed by atoms with Crippen LogP contribution in [0.25, 0.3) is 0 Å². The number of hydrogen-bond acceptors (Lipinski definition) is 4. The van der Waals surface area contributed by atoms with Gasteiger partial charge in [-0.1, -0.05) is 18.6 Å². The van der Waals surface area contributed by atoms with Gasteiger partial charge in [0.15, 0.2) is 5.96 Å². The van der Waals surface area contributed by atoms with Crippen molar-refractivity contribution >= 4 is 5.96 Å². The third-order valence-electron chi connectivity index (χ3n) is 4.90. The fraction of sp³-hybridized carbons (Fsp3) is 0.667. The van der Waals surface area contributed by atoms with E-state index in [-0.39, 0.29) is 12.1 Å². The summed E-state index contributed by atoms with van der Waals surface area (Å²) in [5.41, 5.74) is 1.29. The smallest absolute Gasteiger partial charge is 0.191 e. The van der Waals surface area contributed by atoms with E-state index in [0.717, 1.165) is 37.9 Å². The number of benzene rings is 1. The molecule has 0 amide bonds. The quantitative estimate of drug-likeness (QED) is 0.513. The number of nitrogens with zero attached hydrogens (tertiary/aromatic N) is 2. The number of likely N-dealkylation sites (tertiary alicyclic amines) is 1. The summed E-state index contributed by atoms with van der Waals surface area (Å²) < 4.78 is 10.5. The largest absolute Gasteiger partial charge is 0.497 e. The van der Waals surface area contributed by atoms with Gasteiger partial charge in [-0.05, 0) is 57.5 Å². The fourth-order valence-electron chi connectivity index (χ4n) is 3.51. The molecular formula is C21H36N4O2. The number of nitrogens with one attached hydrogen (secondary N) is 2. The van der Waals surface area contributed by atoms with Gasteiger partial charge in [-0.25, -0.2) is 0 Å². The minimum absolute atomic E-state index is 0.210. The van der Waals surface area contributed by atoms with Gasteiger partial charge in [-0.2, -0.15) is 0 Å². The monoisotopic (exact) mass is 376 g/mol. The Morgan fingerprint density at radius 2 is 1.85 bits per heavy atom. The lowest BCUT2D eigenvalue weighted by molar-refractivity contribution is 0.167. The molecule has 1 heterocycles. The van der Waals surface area contributed by atoms with Gasteiger partial charge < -0.3 is 20.1 Å². The molecule has 0 radical (unpaired) electrons. The lowest BCUT2D eigenvalue weighted by Gasteiger charge is -2.34. The van der Waals surface area contributed by atoms with Gasteiger partial charge in [0.05, 0.1) is 26.3 Å². The summed E-state index contributed by atoms with van der Waals surface area (Å²) in [5, 5.41) is 6.77. The van der Waals surface area contributed by atoms with Crippen molar-refractivity contribution in [1.82, 2.24) is 15.5 Å². The summed E-state index contributed by atoms with van der Waals surface area (Å²) in [7, 11) is 3.43. The first kappa shape index (κ1) is 21.5. The molecule has 2 rings (SSSR count). The van der Waals surface area contributed by atoms with Crippen molar-refractivity contribution in [2.75, 3.05) is 47.0 Å². The van der Waals surface area contributed by atoms with Gasteiger partial charge in [0.2, 0.25) is 0 Å². The normalized spacial score (nSPS) is 18.0. The molecule has 27 heavy (non-hydrogen) atoms. The van der Waals surface area contributed by atoms with Crippen molar-refractivity contribution in [3.05, 3.63) is 29.8 Å². The van der Waals surface area contributed by atoms with Crippen LogP contribution < -0.4 is 15.4 Å². The third kappa shape index (κ3) is 7.03. The van der Waals surface area contributed by atoms with Crippen LogP contribution in [-0.4, -0.2) is 63.9 Å². The van der Waals surface area contributed by atoms with E-state index < -0.39 is 0 Å². The van der Waals surface area contributed by atoms with Crippen LogP contribution in [0.1, 0.15) is 44.7 Å². The molecule has 6 nitrogen and oxygen atoms in total. The summed E-state index contributed by atoms with van der Waals surface area (Å²) in [6, 6.07) is 8.91. The lowest BCUT2D eigenvalue weighted by atomic mass is 10.0. The van der Waals surface area contributed by atoms with Crippen LogP contribution in [0.4, 0.5) is 0 Å². The van der Waals surface area contributed by atoms with Gasteiger partial charge in [0, 0.05) is 19.7 Å². The zero-order valence-corrected chi connectivity index (χ0v) is 17.3. The van der Waals surface area contributed by atoms with Gasteiger partial charge in [0.1, 0.15) is 5.75 Å². The average Bonchev–Trinajstić information content (AvgIpc) is 2.69. The van der Waals surface area contributed by atoms with Crippen LogP contribution in [-0.2, 0) is 4.74 Å². The van der Waals surface area contributed by atoms with Crippen molar-refractivity contribution in [2.45, 2.75) is 45.2 Å². The molecule has 1 aromatic carbocycles. The molecule has 2 atom stereocenters. The van der Waals surface area contributed by atoms with Crippen molar-refractivity contribution in [3.8, 4) is 5.75 Å². The Morgan fingerprint density at radius 1 is 1.15 bits per heavy atom. The van der Waals surface area contributed by atoms with Crippen molar-refractivity contribution in [3.63, 3.8) is 0 Å². The standard InChI is InChI=1S/C21H36N4O2/c1-5-22-21(24-17(2)16-26-3)23-15-20(25-13-7-6-8-14-25)18-9-11-19(27-4)12-10-18/h9-12,17,20H,5-8,13-16H2,1-4H3,(H2,22,23,24). The van der Waals surface area contributed by atoms with Crippen LogP contribution >= 0.6 is 0 Å². The second kappa shape index (κ2) is 11.8. The average molecular weight is 377 g/mol. The molecule has 2 N–H and O–H groups in total. The van der Waals surface area contributed by atoms with E-state index >= 15 is 0 Å². The zero-order valence-electron chi connectivity index (χ0n) is 17.3. The Balaban J connectivity index is 2.15. The maximum atomic E-state index is 5.32. The predicted molar refractivity (Wildman–Crippen MR) is 112 cm³/mol. The van der Waals surface area contributed by atoms with Crippen molar-refractivity contribution < 1.29 is 9.47 Å². The lowest BCUT2D eigenvalue weighted by Crippen LogP contribution is -2.44. The number of aliphatic imine (C=N–C) groups is 1. The number of ether oxygens (including phenoxy) is 2. The zero-order chi connectivity index (χ0) is 19.5. The molecule has 6 heteroatoms. The van der Waals surface area contributed by atoms with E-state index in [1.165, 1.54) is 24.8 Å². The molecular weight excluding hydrogens is 340 g/mol. The maximum Gasteiger partial charge on any atom is 0.191 e. The molecule has 1 saturated heterocycles.